The summed E-state index contributed by atoms with van der Waals surface area (Å²) in [4.78, 5) is 5.48. The number of rotatable bonds is 4. The Kier molecular flexibility index (Phi) is 3.66. The molecule has 0 saturated carbocycles. The molecule has 106 valence electrons. The molecule has 0 bridgehead atoms. The molecule has 0 spiro atoms. The van der Waals surface area contributed by atoms with Crippen LogP contribution >= 0.6 is 0 Å². The van der Waals surface area contributed by atoms with E-state index in [9.17, 15) is 0 Å². The van der Waals surface area contributed by atoms with Crippen LogP contribution in [0.3, 0.4) is 0 Å². The van der Waals surface area contributed by atoms with Gasteiger partial charge in [-0.3, -0.25) is 20.7 Å². The molecule has 1 aromatic heterocycles. The normalized spacial score (nSPS) is 19.7. The fourth-order valence-corrected chi connectivity index (χ4v) is 1.88. The van der Waals surface area contributed by atoms with Gasteiger partial charge in [0.15, 0.2) is 0 Å². The van der Waals surface area contributed by atoms with E-state index < -0.39 is 18.3 Å². The zero-order valence-electron chi connectivity index (χ0n) is 12.2. The maximum Gasteiger partial charge on any atom is 0.496 e. The lowest BCUT2D eigenvalue weighted by molar-refractivity contribution is 0.00578. The van der Waals surface area contributed by atoms with Gasteiger partial charge in [0.25, 0.3) is 0 Å². The van der Waals surface area contributed by atoms with E-state index >= 15 is 0 Å². The van der Waals surface area contributed by atoms with Crippen LogP contribution in [-0.4, -0.2) is 36.0 Å². The summed E-state index contributed by atoms with van der Waals surface area (Å²) in [5.41, 5.74) is 0.587. The smallest absolute Gasteiger partial charge is 0.399 e. The van der Waals surface area contributed by atoms with Crippen LogP contribution in [0.5, 0.6) is 0 Å². The second kappa shape index (κ2) is 4.99. The summed E-state index contributed by atoms with van der Waals surface area (Å²) >= 11 is 0. The van der Waals surface area contributed by atoms with Crippen molar-refractivity contribution in [3.05, 3.63) is 18.5 Å². The molecule has 1 saturated heterocycles. The Morgan fingerprint density at radius 1 is 1.10 bits per heavy atom. The fraction of sp³-hybridized carbons (Fsp3) is 0.462. The Hall–Kier alpha value is -1.73. The number of hydrogen-bond acceptors (Lipinski definition) is 5. The highest BCUT2D eigenvalue weighted by Gasteiger charge is 2.51. The van der Waals surface area contributed by atoms with Gasteiger partial charge in [-0.05, 0) is 33.8 Å². The Bertz CT molecular complexity index is 509. The van der Waals surface area contributed by atoms with E-state index in [1.165, 1.54) is 4.90 Å². The highest BCUT2D eigenvalue weighted by atomic mass is 16.7. The molecule has 0 amide bonds. The van der Waals surface area contributed by atoms with Gasteiger partial charge in [-0.15, -0.1) is 0 Å². The monoisotopic (exact) mass is 274 g/mol. The first-order valence-corrected chi connectivity index (χ1v) is 6.41. The van der Waals surface area contributed by atoms with Gasteiger partial charge in [0.1, 0.15) is 0 Å². The summed E-state index contributed by atoms with van der Waals surface area (Å²) in [5.74, 6) is 0. The maximum absolute atomic E-state index is 7.26. The summed E-state index contributed by atoms with van der Waals surface area (Å²) in [6.07, 6.45) is 5.37. The molecule has 0 unspecified atom stereocenters. The van der Waals surface area contributed by atoms with Crippen LogP contribution in [0, 0.1) is 10.8 Å². The first kappa shape index (κ1) is 14.7. The van der Waals surface area contributed by atoms with Crippen LogP contribution in [0.15, 0.2) is 18.5 Å². The van der Waals surface area contributed by atoms with Crippen molar-refractivity contribution in [2.45, 2.75) is 38.9 Å². The molecular weight excluding hydrogens is 255 g/mol. The lowest BCUT2D eigenvalue weighted by Gasteiger charge is -2.32. The molecule has 0 aliphatic carbocycles. The number of pyridine rings is 1. The summed E-state index contributed by atoms with van der Waals surface area (Å²) in [5, 5.41) is 14.5. The maximum atomic E-state index is 7.26. The molecule has 2 heterocycles. The minimum absolute atomic E-state index is 0.406. The Morgan fingerprint density at radius 3 is 2.15 bits per heavy atom. The molecule has 1 aliphatic heterocycles. The third-order valence-corrected chi connectivity index (χ3v) is 3.85. The molecule has 1 aliphatic rings. The standard InChI is InChI=1S/C13H19BN4O2/c1-12(2)13(3,4)20-14(19-12)10-5-11(7-17-6-10)18(8-15)9-16/h5-9,15-16H,1-4H3. The van der Waals surface area contributed by atoms with Gasteiger partial charge in [-0.2, -0.15) is 0 Å². The van der Waals surface area contributed by atoms with Gasteiger partial charge >= 0.3 is 7.12 Å². The topological polar surface area (TPSA) is 82.3 Å². The minimum atomic E-state index is -0.495. The van der Waals surface area contributed by atoms with Crippen LogP contribution in [-0.2, 0) is 9.31 Å². The van der Waals surface area contributed by atoms with Crippen molar-refractivity contribution in [2.75, 3.05) is 4.90 Å². The second-order valence-electron chi connectivity index (χ2n) is 5.73. The average molecular weight is 274 g/mol. The van der Waals surface area contributed by atoms with Gasteiger partial charge in [0, 0.05) is 11.7 Å². The predicted octanol–water partition coefficient (Wildman–Crippen LogP) is 1.40. The number of anilines is 1. The number of nitrogens with one attached hydrogen (secondary N) is 2. The first-order valence-electron chi connectivity index (χ1n) is 6.41. The van der Waals surface area contributed by atoms with Crippen LogP contribution in [0.1, 0.15) is 27.7 Å². The Labute approximate surface area is 119 Å². The molecule has 7 heteroatoms. The van der Waals surface area contributed by atoms with Gasteiger partial charge in [0.2, 0.25) is 0 Å². The van der Waals surface area contributed by atoms with Crippen molar-refractivity contribution in [2.24, 2.45) is 0 Å². The van der Waals surface area contributed by atoms with Crippen LogP contribution in [0.4, 0.5) is 5.69 Å². The van der Waals surface area contributed by atoms with Crippen LogP contribution < -0.4 is 10.4 Å². The zero-order valence-corrected chi connectivity index (χ0v) is 12.2. The summed E-state index contributed by atoms with van der Waals surface area (Å²) in [6.45, 7) is 7.97. The number of hydrogen-bond donors (Lipinski definition) is 2. The summed E-state index contributed by atoms with van der Waals surface area (Å²) < 4.78 is 11.9. The highest BCUT2D eigenvalue weighted by Crippen LogP contribution is 2.36. The van der Waals surface area contributed by atoms with Crippen molar-refractivity contribution in [3.8, 4) is 0 Å². The minimum Gasteiger partial charge on any atom is -0.399 e. The third kappa shape index (κ3) is 2.46. The molecule has 6 nitrogen and oxygen atoms in total. The van der Waals surface area contributed by atoms with Crippen LogP contribution in [0.25, 0.3) is 0 Å². The first-order chi connectivity index (χ1) is 9.30. The summed E-state index contributed by atoms with van der Waals surface area (Å²) in [6, 6.07) is 1.81. The third-order valence-electron chi connectivity index (χ3n) is 3.85. The van der Waals surface area contributed by atoms with E-state index in [4.69, 9.17) is 20.1 Å². The van der Waals surface area contributed by atoms with Crippen molar-refractivity contribution >= 4 is 30.9 Å². The molecule has 0 aromatic carbocycles. The van der Waals surface area contributed by atoms with E-state index in [1.807, 2.05) is 33.8 Å². The SMILES string of the molecule is CC1(C)OB(c2cncc(N(C=N)C=N)c2)OC1(C)C. The molecule has 20 heavy (non-hydrogen) atoms. The molecule has 2 N–H and O–H groups in total. The molecule has 0 atom stereocenters. The van der Waals surface area contributed by atoms with E-state index in [0.717, 1.165) is 18.1 Å². The second-order valence-corrected chi connectivity index (χ2v) is 5.73. The zero-order chi connectivity index (χ0) is 15.0. The molecule has 1 aromatic rings. The van der Waals surface area contributed by atoms with Crippen molar-refractivity contribution in [3.63, 3.8) is 0 Å². The van der Waals surface area contributed by atoms with Gasteiger partial charge < -0.3 is 9.31 Å². The quantitative estimate of drug-likeness (QED) is 0.494. The van der Waals surface area contributed by atoms with E-state index in [-0.39, 0.29) is 0 Å². The lowest BCUT2D eigenvalue weighted by atomic mass is 9.80. The molecule has 1 fully saturated rings. The number of nitrogens with zero attached hydrogens (tertiary/aromatic N) is 2. The average Bonchev–Trinajstić information content (AvgIpc) is 2.60. The van der Waals surface area contributed by atoms with E-state index in [2.05, 4.69) is 4.98 Å². The fourth-order valence-electron chi connectivity index (χ4n) is 1.88. The van der Waals surface area contributed by atoms with E-state index in [1.54, 1.807) is 12.4 Å². The van der Waals surface area contributed by atoms with Gasteiger partial charge in [0.05, 0.1) is 35.8 Å². The summed E-state index contributed by atoms with van der Waals surface area (Å²) in [7, 11) is -0.495. The molecule has 0 radical (unpaired) electrons. The number of aromatic nitrogens is 1. The van der Waals surface area contributed by atoms with Crippen molar-refractivity contribution < 1.29 is 9.31 Å². The van der Waals surface area contributed by atoms with Crippen molar-refractivity contribution in [1.29, 1.82) is 10.8 Å². The lowest BCUT2D eigenvalue weighted by Crippen LogP contribution is -2.41. The van der Waals surface area contributed by atoms with Crippen LogP contribution in [0.2, 0.25) is 0 Å². The van der Waals surface area contributed by atoms with Gasteiger partial charge in [-0.25, -0.2) is 0 Å². The molecular formula is C13H19BN4O2. The largest absolute Gasteiger partial charge is 0.496 e. The Morgan fingerprint density at radius 2 is 1.65 bits per heavy atom. The molecule has 2 rings (SSSR count). The van der Waals surface area contributed by atoms with E-state index in [0.29, 0.717) is 5.69 Å². The Balaban J connectivity index is 2.29. The van der Waals surface area contributed by atoms with Crippen molar-refractivity contribution in [1.82, 2.24) is 4.98 Å². The van der Waals surface area contributed by atoms with Gasteiger partial charge in [-0.1, -0.05) is 0 Å². The predicted molar refractivity (Wildman–Crippen MR) is 80.0 cm³/mol. The highest BCUT2D eigenvalue weighted by molar-refractivity contribution is 6.62.